The minimum absolute atomic E-state index is 0.0264. The van der Waals surface area contributed by atoms with E-state index in [0.717, 1.165) is 28.4 Å². The Kier molecular flexibility index (Phi) is 51.2. The first-order valence-electron chi connectivity index (χ1n) is 40.8. The number of ether oxygens (including phenoxy) is 11. The van der Waals surface area contributed by atoms with Crippen LogP contribution in [0.5, 0.6) is 5.75 Å². The monoisotopic (exact) mass is 1720 g/mol. The highest BCUT2D eigenvalue weighted by molar-refractivity contribution is 7.09. The van der Waals surface area contributed by atoms with Crippen molar-refractivity contribution in [2.24, 2.45) is 17.8 Å². The number of carbonyl (C=O) groups is 13. The van der Waals surface area contributed by atoms with Crippen molar-refractivity contribution in [1.82, 2.24) is 56.9 Å². The average molecular weight is 1720 g/mol. The Labute approximate surface area is 708 Å². The Bertz CT molecular complexity index is 3530. The second kappa shape index (κ2) is 58.3. The van der Waals surface area contributed by atoms with Crippen molar-refractivity contribution in [1.29, 1.82) is 0 Å². The number of imide groups is 1. The number of nitrogens with zero attached hydrogens (tertiary/aromatic N) is 4. The number of amides is 11. The molecule has 0 radical (unpaired) electrons. The molecule has 1 aliphatic heterocycles. The second-order valence-corrected chi connectivity index (χ2v) is 30.9. The Morgan fingerprint density at radius 3 is 1.59 bits per heavy atom. The number of aliphatic carboxylic acids is 1. The normalized spacial score (nSPS) is 14.7. The molecule has 1 aromatic carbocycles. The van der Waals surface area contributed by atoms with E-state index in [1.807, 2.05) is 27.7 Å². The third-order valence-corrected chi connectivity index (χ3v) is 20.5. The highest BCUT2D eigenvalue weighted by atomic mass is 32.1. The van der Waals surface area contributed by atoms with Gasteiger partial charge in [0, 0.05) is 76.6 Å². The lowest BCUT2D eigenvalue weighted by molar-refractivity contribution is -0.149. The molecule has 678 valence electrons. The van der Waals surface area contributed by atoms with Gasteiger partial charge in [0.05, 0.1) is 136 Å². The topological polar surface area (TPSA) is 483 Å². The van der Waals surface area contributed by atoms with Crippen molar-refractivity contribution in [3.63, 3.8) is 0 Å². The maximum atomic E-state index is 14.4. The lowest BCUT2D eigenvalue weighted by Gasteiger charge is -2.38. The molecule has 1 aliphatic rings. The van der Waals surface area contributed by atoms with Crippen LogP contribution in [0.2, 0.25) is 0 Å². The van der Waals surface area contributed by atoms with E-state index < -0.39 is 125 Å². The molecule has 0 unspecified atom stereocenters. The van der Waals surface area contributed by atoms with Gasteiger partial charge < -0.3 is 110 Å². The number of phenols is 1. The third kappa shape index (κ3) is 41.2. The summed E-state index contributed by atoms with van der Waals surface area (Å²) >= 11 is 1.04. The van der Waals surface area contributed by atoms with Crippen LogP contribution in [0.25, 0.3) is 0 Å². The van der Waals surface area contributed by atoms with Gasteiger partial charge in [-0.05, 0) is 117 Å². The van der Waals surface area contributed by atoms with Crippen molar-refractivity contribution in [3.8, 4) is 5.75 Å². The van der Waals surface area contributed by atoms with Gasteiger partial charge in [-0.25, -0.2) is 4.98 Å². The zero-order valence-electron chi connectivity index (χ0n) is 72.4. The molecule has 0 fully saturated rings. The maximum Gasteiger partial charge on any atom is 0.306 e. The number of carboxylic acid groups (broad SMARTS) is 1. The van der Waals surface area contributed by atoms with Crippen LogP contribution in [0.1, 0.15) is 155 Å². The zero-order chi connectivity index (χ0) is 89.3. The summed E-state index contributed by atoms with van der Waals surface area (Å²) in [6.07, 6.45) is 2.37. The summed E-state index contributed by atoms with van der Waals surface area (Å²) in [6, 6.07) is -3.20. The number of benzene rings is 1. The lowest BCUT2D eigenvalue weighted by atomic mass is 9.92. The van der Waals surface area contributed by atoms with Gasteiger partial charge in [-0.2, -0.15) is 0 Å². The molecular weight excluding hydrogens is 1590 g/mol. The maximum absolute atomic E-state index is 14.4. The van der Waals surface area contributed by atoms with Gasteiger partial charge in [-0.3, -0.25) is 72.1 Å². The average Bonchev–Trinajstić information content (AvgIpc) is 1.13. The Hall–Kier alpha value is -8.74. The fourth-order valence-corrected chi connectivity index (χ4v) is 12.4. The quantitative estimate of drug-likeness (QED) is 0.0197. The number of aromatic nitrogens is 1. The summed E-state index contributed by atoms with van der Waals surface area (Å²) in [5, 5.41) is 44.0. The summed E-state index contributed by atoms with van der Waals surface area (Å²) in [7, 11) is 6.79. The number of thiazole rings is 1. The van der Waals surface area contributed by atoms with Gasteiger partial charge >= 0.3 is 11.9 Å². The van der Waals surface area contributed by atoms with Crippen molar-refractivity contribution < 1.29 is 125 Å². The van der Waals surface area contributed by atoms with E-state index in [2.05, 4.69) is 47.5 Å². The summed E-state index contributed by atoms with van der Waals surface area (Å²) in [6.45, 7) is 25.0. The van der Waals surface area contributed by atoms with Crippen LogP contribution in [0.15, 0.2) is 35.7 Å². The van der Waals surface area contributed by atoms with Crippen LogP contribution < -0.4 is 42.5 Å². The molecule has 0 bridgehead atoms. The fraction of sp³-hybridized carbons (Fsp3) is 0.704. The summed E-state index contributed by atoms with van der Waals surface area (Å²) in [5.74, 6) is -10.2. The largest absolute Gasteiger partial charge is 0.506 e. The molecule has 0 saturated carbocycles. The molecule has 10 atom stereocenters. The number of hydrogen-bond acceptors (Lipinski definition) is 28. The van der Waals surface area contributed by atoms with Crippen molar-refractivity contribution >= 4 is 93.9 Å². The highest BCUT2D eigenvalue weighted by Crippen LogP contribution is 2.32. The fourth-order valence-electron chi connectivity index (χ4n) is 11.5. The number of hydrogen-bond donors (Lipinski definition) is 10. The minimum Gasteiger partial charge on any atom is -0.506 e. The molecule has 0 spiro atoms. The molecule has 3 rings (SSSR count). The van der Waals surface area contributed by atoms with Crippen molar-refractivity contribution in [2.75, 3.05) is 172 Å². The molecule has 10 N–H and O–H groups in total. The Morgan fingerprint density at radius 2 is 1.11 bits per heavy atom. The molecule has 11 amide bonds. The van der Waals surface area contributed by atoms with Crippen molar-refractivity contribution in [3.05, 3.63) is 52.0 Å². The van der Waals surface area contributed by atoms with Crippen LogP contribution in [-0.2, 0) is 116 Å². The van der Waals surface area contributed by atoms with Crippen molar-refractivity contribution in [2.45, 2.75) is 188 Å². The summed E-state index contributed by atoms with van der Waals surface area (Å²) in [4.78, 5) is 180. The van der Waals surface area contributed by atoms with Gasteiger partial charge in [0.2, 0.25) is 47.3 Å². The van der Waals surface area contributed by atoms with E-state index in [0.29, 0.717) is 131 Å². The number of aromatic hydroxyl groups is 1. The summed E-state index contributed by atoms with van der Waals surface area (Å²) in [5.41, 5.74) is -0.697. The zero-order valence-corrected chi connectivity index (χ0v) is 73.2. The SMILES string of the molecule is CC[C@H](C)[C@H](NC(=O)C(C)(C)N(C)C)C(=O)N(C)[C@H](C[C@@H](OC(C)=O)c1nc(C(=O)N[C@@H](Cc2ccc(O)c(NC(=O)[C@H](C)NC(=O)[C@H](C)NC(=O)[C@H](C)NC(=O)[C@H](CCCCNC(=O)COCCOCCOCCOCCOCCOCCOCCOCCOCCOC)NC(=O)CCCN3C(=O)C=CC3=O)c2)C[C@H](C)C(=O)O)cs1)C(C)C. The number of esters is 1. The number of rotatable bonds is 66. The first-order valence-corrected chi connectivity index (χ1v) is 41.6. The number of anilines is 1. The first-order chi connectivity index (χ1) is 57.0. The predicted molar refractivity (Wildman–Crippen MR) is 441 cm³/mol. The minimum atomic E-state index is -1.29. The van der Waals surface area contributed by atoms with E-state index in [9.17, 15) is 72.5 Å². The number of likely N-dealkylation sites (N-methyl/N-ethyl adjacent to an activating group) is 2. The third-order valence-electron chi connectivity index (χ3n) is 19.5. The van der Waals surface area contributed by atoms with Crippen LogP contribution in [0.3, 0.4) is 0 Å². The second-order valence-electron chi connectivity index (χ2n) is 30.0. The molecule has 1 aromatic heterocycles. The van der Waals surface area contributed by atoms with E-state index >= 15 is 0 Å². The Morgan fingerprint density at radius 1 is 0.608 bits per heavy atom. The van der Waals surface area contributed by atoms with Crippen LogP contribution in [0, 0.1) is 17.8 Å². The van der Waals surface area contributed by atoms with Gasteiger partial charge in [-0.1, -0.05) is 47.1 Å². The summed E-state index contributed by atoms with van der Waals surface area (Å²) < 4.78 is 59.9. The number of carbonyl (C=O) groups excluding carboxylic acids is 12. The molecule has 2 aromatic rings. The van der Waals surface area contributed by atoms with Crippen LogP contribution in [-0.4, -0.2) is 322 Å². The molecule has 2 heterocycles. The van der Waals surface area contributed by atoms with Gasteiger partial charge in [0.25, 0.3) is 17.7 Å². The molecule has 38 nitrogen and oxygen atoms in total. The highest BCUT2D eigenvalue weighted by Gasteiger charge is 2.40. The molecular formula is C81H132N12O26S. The molecule has 120 heavy (non-hydrogen) atoms. The first kappa shape index (κ1) is 105. The molecule has 0 aliphatic carbocycles. The number of carboxylic acids is 1. The van der Waals surface area contributed by atoms with Gasteiger partial charge in [0.15, 0.2) is 6.10 Å². The number of unbranched alkanes of at least 4 members (excludes halogenated alkanes) is 1. The van der Waals surface area contributed by atoms with E-state index in [1.54, 1.807) is 51.9 Å². The Balaban J connectivity index is 1.50. The lowest BCUT2D eigenvalue weighted by Crippen LogP contribution is -2.60. The standard InChI is InChI=1S/C81H132N12O26S/c1-16-53(4)71(90-80(108)81(10,11)91(12)13)78(105)92(14)64(52(2)3)49-66(119-58(9)94)77-89-63(51-120-77)76(104)86-60(46-54(5)79(106)107)47-59-22-23-65(95)62(48-59)88-74(102)57(8)84-72(100)55(6)83-73(101)56(7)85-75(103)61(87-67(96)21-19-27-93-69(98)24-25-70(93)99)20-17-18-26-82-68(97)50-118-45-44-117-43-42-116-41-40-115-39-38-114-37-36-113-35-34-112-33-32-111-31-30-110-29-28-109-15/h22-25,48,51-57,60-61,64,66,71,95H,16-21,26-47,49-50H2,1-15H3,(H,82,97)(H,83,101)(H,84,100)(H,85,103)(H,86,104)(H,87,96)(H,88,102)(H,90,108)(H,106,107)/t53-,54-,55-,56-,57-,60+,61-,64+,66+,71-/m0/s1. The number of phenolic OH excluding ortho intramolecular Hbond substituents is 1. The van der Waals surface area contributed by atoms with E-state index in [1.165, 1.54) is 58.2 Å². The van der Waals surface area contributed by atoms with E-state index in [4.69, 9.17) is 52.1 Å². The van der Waals surface area contributed by atoms with Gasteiger partial charge in [0.1, 0.15) is 53.3 Å². The van der Waals surface area contributed by atoms with Gasteiger partial charge in [-0.15, -0.1) is 11.3 Å². The molecule has 39 heteroatoms. The number of methoxy groups -OCH3 is 1. The van der Waals surface area contributed by atoms with E-state index in [-0.39, 0.29) is 117 Å². The van der Waals surface area contributed by atoms with Crippen LogP contribution >= 0.6 is 11.3 Å². The van der Waals surface area contributed by atoms with Crippen LogP contribution in [0.4, 0.5) is 5.69 Å². The predicted octanol–water partition coefficient (Wildman–Crippen LogP) is 2.37. The number of nitrogens with one attached hydrogen (secondary N) is 8. The smallest absolute Gasteiger partial charge is 0.306 e. The molecule has 0 saturated heterocycles.